The lowest BCUT2D eigenvalue weighted by atomic mass is 10.0. The number of ether oxygens (including phenoxy) is 1. The monoisotopic (exact) mass is 504 g/mol. The van der Waals surface area contributed by atoms with Crippen molar-refractivity contribution in [3.8, 4) is 45.4 Å². The van der Waals surface area contributed by atoms with E-state index in [0.29, 0.717) is 0 Å². The highest BCUT2D eigenvalue weighted by molar-refractivity contribution is 5.98. The van der Waals surface area contributed by atoms with Crippen molar-refractivity contribution in [1.82, 2.24) is 19.1 Å². The molecule has 5 nitrogen and oxygen atoms in total. The number of para-hydroxylation sites is 5. The van der Waals surface area contributed by atoms with Gasteiger partial charge in [-0.2, -0.15) is 0 Å². The van der Waals surface area contributed by atoms with E-state index in [-0.39, 0.29) is 0 Å². The van der Waals surface area contributed by atoms with E-state index in [1.165, 1.54) is 0 Å². The summed E-state index contributed by atoms with van der Waals surface area (Å²) in [7, 11) is 0. The molecule has 0 saturated carbocycles. The van der Waals surface area contributed by atoms with E-state index in [9.17, 15) is 0 Å². The highest BCUT2D eigenvalue weighted by Crippen LogP contribution is 2.44. The molecule has 1 aliphatic heterocycles. The summed E-state index contributed by atoms with van der Waals surface area (Å²) in [5.41, 5.74) is 9.45. The van der Waals surface area contributed by atoms with E-state index in [1.807, 2.05) is 30.3 Å². The molecule has 3 heterocycles. The van der Waals surface area contributed by atoms with Gasteiger partial charge in [0.1, 0.15) is 22.7 Å². The summed E-state index contributed by atoms with van der Waals surface area (Å²) in [6, 6.07) is 39.7. The molecule has 7 aromatic rings. The smallest absolute Gasteiger partial charge is 0.153 e. The van der Waals surface area contributed by atoms with Crippen LogP contribution in [0.25, 0.3) is 56.0 Å². The van der Waals surface area contributed by atoms with Crippen LogP contribution >= 0.6 is 0 Å². The maximum Gasteiger partial charge on any atom is 0.153 e. The van der Waals surface area contributed by atoms with Crippen LogP contribution in [0.15, 0.2) is 115 Å². The van der Waals surface area contributed by atoms with Gasteiger partial charge in [0.2, 0.25) is 0 Å². The fraction of sp³-hybridized carbons (Fsp3) is 0.0588. The SMILES string of the molecule is CCc1nc2c(-c3ccc(-c4nc5ccccc5n4-c4ccccc4)cc3)ccc3c2n1-c1ccccc1O3. The van der Waals surface area contributed by atoms with Gasteiger partial charge in [-0.05, 0) is 54.1 Å². The van der Waals surface area contributed by atoms with Gasteiger partial charge in [-0.1, -0.05) is 73.7 Å². The van der Waals surface area contributed by atoms with Gasteiger partial charge >= 0.3 is 0 Å². The molecule has 0 N–H and O–H groups in total. The van der Waals surface area contributed by atoms with Gasteiger partial charge in [0, 0.05) is 23.2 Å². The van der Waals surface area contributed by atoms with Gasteiger partial charge in [-0.25, -0.2) is 9.97 Å². The second kappa shape index (κ2) is 8.43. The molecule has 8 rings (SSSR count). The van der Waals surface area contributed by atoms with Crippen LogP contribution in [-0.2, 0) is 6.42 Å². The van der Waals surface area contributed by atoms with E-state index in [0.717, 1.165) is 79.7 Å². The van der Waals surface area contributed by atoms with Crippen LogP contribution in [-0.4, -0.2) is 19.1 Å². The quantitative estimate of drug-likeness (QED) is 0.242. The summed E-state index contributed by atoms with van der Waals surface area (Å²) in [6.07, 6.45) is 0.830. The van der Waals surface area contributed by atoms with Crippen LogP contribution in [0.3, 0.4) is 0 Å². The first-order valence-electron chi connectivity index (χ1n) is 13.3. The highest BCUT2D eigenvalue weighted by atomic mass is 16.5. The summed E-state index contributed by atoms with van der Waals surface area (Å²) >= 11 is 0. The minimum atomic E-state index is 0.830. The molecule has 0 spiro atoms. The molecule has 5 heteroatoms. The molecule has 5 aromatic carbocycles. The lowest BCUT2D eigenvalue weighted by Gasteiger charge is -2.21. The number of rotatable bonds is 4. The number of nitrogens with zero attached hydrogens (tertiary/aromatic N) is 4. The third-order valence-electron chi connectivity index (χ3n) is 7.51. The zero-order valence-electron chi connectivity index (χ0n) is 21.4. The number of hydrogen-bond acceptors (Lipinski definition) is 3. The highest BCUT2D eigenvalue weighted by Gasteiger charge is 2.25. The van der Waals surface area contributed by atoms with Crippen molar-refractivity contribution in [3.63, 3.8) is 0 Å². The Hall–Kier alpha value is -5.16. The molecule has 0 unspecified atom stereocenters. The number of aryl methyl sites for hydroxylation is 1. The lowest BCUT2D eigenvalue weighted by molar-refractivity contribution is 0.474. The number of benzene rings is 5. The molecule has 39 heavy (non-hydrogen) atoms. The predicted octanol–water partition coefficient (Wildman–Crippen LogP) is 8.37. The maximum atomic E-state index is 6.29. The van der Waals surface area contributed by atoms with Crippen molar-refractivity contribution in [2.45, 2.75) is 13.3 Å². The first-order chi connectivity index (χ1) is 19.3. The van der Waals surface area contributed by atoms with Gasteiger partial charge in [0.05, 0.1) is 16.7 Å². The fourth-order valence-corrected chi connectivity index (χ4v) is 5.71. The fourth-order valence-electron chi connectivity index (χ4n) is 5.71. The average molecular weight is 505 g/mol. The van der Waals surface area contributed by atoms with Crippen LogP contribution < -0.4 is 4.74 Å². The van der Waals surface area contributed by atoms with E-state index < -0.39 is 0 Å². The first-order valence-corrected chi connectivity index (χ1v) is 13.3. The summed E-state index contributed by atoms with van der Waals surface area (Å²) in [5, 5.41) is 0. The Labute approximate surface area is 225 Å². The molecule has 1 aliphatic rings. The third kappa shape index (κ3) is 3.26. The number of imidazole rings is 2. The van der Waals surface area contributed by atoms with E-state index >= 15 is 0 Å². The first kappa shape index (κ1) is 21.9. The van der Waals surface area contributed by atoms with Gasteiger partial charge < -0.3 is 4.74 Å². The van der Waals surface area contributed by atoms with Crippen LogP contribution in [0.5, 0.6) is 11.5 Å². The van der Waals surface area contributed by atoms with E-state index in [4.69, 9.17) is 14.7 Å². The van der Waals surface area contributed by atoms with Crippen molar-refractivity contribution in [2.75, 3.05) is 0 Å². The Kier molecular flexibility index (Phi) is 4.73. The summed E-state index contributed by atoms with van der Waals surface area (Å²) < 4.78 is 10.8. The molecule has 0 amide bonds. The zero-order chi connectivity index (χ0) is 25.9. The minimum Gasteiger partial charge on any atom is -0.453 e. The largest absolute Gasteiger partial charge is 0.453 e. The van der Waals surface area contributed by atoms with Crippen molar-refractivity contribution >= 4 is 22.1 Å². The minimum absolute atomic E-state index is 0.830. The molecule has 0 radical (unpaired) electrons. The van der Waals surface area contributed by atoms with Crippen molar-refractivity contribution in [2.24, 2.45) is 0 Å². The van der Waals surface area contributed by atoms with Crippen LogP contribution in [0, 0.1) is 0 Å². The normalized spacial score (nSPS) is 12.0. The Bertz CT molecular complexity index is 2020. The molecular formula is C34H24N4O. The van der Waals surface area contributed by atoms with Gasteiger partial charge in [-0.15, -0.1) is 0 Å². The standard InChI is InChI=1S/C34H24N4O/c1-2-31-36-32-25(20-21-30-33(32)38(31)28-14-8-9-15-29(28)39-30)22-16-18-23(19-17-22)34-35-26-12-6-7-13-27(26)37(34)24-10-4-3-5-11-24/h3-21H,2H2,1H3. The maximum absolute atomic E-state index is 6.29. The third-order valence-corrected chi connectivity index (χ3v) is 7.51. The van der Waals surface area contributed by atoms with Gasteiger partial charge in [0.25, 0.3) is 0 Å². The lowest BCUT2D eigenvalue weighted by Crippen LogP contribution is -2.06. The summed E-state index contributed by atoms with van der Waals surface area (Å²) in [4.78, 5) is 10.1. The molecule has 186 valence electrons. The molecular weight excluding hydrogens is 480 g/mol. The number of hydrogen-bond donors (Lipinski definition) is 0. The van der Waals surface area contributed by atoms with Crippen molar-refractivity contribution in [1.29, 1.82) is 0 Å². The Morgan fingerprint density at radius 1 is 0.641 bits per heavy atom. The summed E-state index contributed by atoms with van der Waals surface area (Å²) in [6.45, 7) is 2.15. The van der Waals surface area contributed by atoms with Crippen LogP contribution in [0.4, 0.5) is 0 Å². The molecule has 2 aromatic heterocycles. The predicted molar refractivity (Wildman–Crippen MR) is 156 cm³/mol. The van der Waals surface area contributed by atoms with Gasteiger partial charge in [0.15, 0.2) is 11.5 Å². The Balaban J connectivity index is 1.27. The number of fused-ring (bicyclic) bond motifs is 3. The van der Waals surface area contributed by atoms with Crippen molar-refractivity contribution < 1.29 is 4.74 Å². The second-order valence-electron chi connectivity index (χ2n) is 9.77. The zero-order valence-corrected chi connectivity index (χ0v) is 21.4. The average Bonchev–Trinajstić information content (AvgIpc) is 3.58. The van der Waals surface area contributed by atoms with Crippen LogP contribution in [0.1, 0.15) is 12.7 Å². The molecule has 0 atom stereocenters. The number of aromatic nitrogens is 4. The second-order valence-corrected chi connectivity index (χ2v) is 9.77. The molecule has 0 bridgehead atoms. The molecule has 0 fully saturated rings. The Morgan fingerprint density at radius 3 is 2.23 bits per heavy atom. The van der Waals surface area contributed by atoms with Crippen LogP contribution in [0.2, 0.25) is 0 Å². The summed E-state index contributed by atoms with van der Waals surface area (Å²) in [5.74, 6) is 3.65. The van der Waals surface area contributed by atoms with E-state index in [1.54, 1.807) is 0 Å². The molecule has 0 aliphatic carbocycles. The Morgan fingerprint density at radius 2 is 1.38 bits per heavy atom. The topological polar surface area (TPSA) is 44.9 Å². The van der Waals surface area contributed by atoms with Crippen molar-refractivity contribution in [3.05, 3.63) is 121 Å². The molecule has 0 saturated heterocycles. The van der Waals surface area contributed by atoms with E-state index in [2.05, 4.69) is 101 Å². The van der Waals surface area contributed by atoms with Gasteiger partial charge in [-0.3, -0.25) is 9.13 Å².